The summed E-state index contributed by atoms with van der Waals surface area (Å²) in [7, 11) is 0. The number of ether oxygens (including phenoxy) is 2. The summed E-state index contributed by atoms with van der Waals surface area (Å²) < 4.78 is 11.4. The molecule has 122 valence electrons. The third-order valence-electron chi connectivity index (χ3n) is 4.16. The van der Waals surface area contributed by atoms with Gasteiger partial charge in [-0.2, -0.15) is 0 Å². The molecule has 0 spiro atoms. The molecule has 3 rings (SSSR count). The summed E-state index contributed by atoms with van der Waals surface area (Å²) in [5.41, 5.74) is 3.88. The number of aryl methyl sites for hydroxylation is 1. The summed E-state index contributed by atoms with van der Waals surface area (Å²) in [6, 6.07) is 17.0. The van der Waals surface area contributed by atoms with Gasteiger partial charge in [0.05, 0.1) is 6.10 Å². The van der Waals surface area contributed by atoms with Crippen LogP contribution in [0.3, 0.4) is 0 Å². The predicted octanol–water partition coefficient (Wildman–Crippen LogP) is 3.84. The monoisotopic (exact) mass is 311 g/mol. The van der Waals surface area contributed by atoms with Crippen LogP contribution in [-0.4, -0.2) is 19.3 Å². The van der Waals surface area contributed by atoms with Crippen molar-refractivity contribution >= 4 is 0 Å². The lowest BCUT2D eigenvalue weighted by atomic mass is 10.1. The van der Waals surface area contributed by atoms with Gasteiger partial charge < -0.3 is 14.8 Å². The van der Waals surface area contributed by atoms with Gasteiger partial charge in [0.1, 0.15) is 12.4 Å². The van der Waals surface area contributed by atoms with Crippen LogP contribution in [0.1, 0.15) is 29.5 Å². The molecule has 0 saturated carbocycles. The Kier molecular flexibility index (Phi) is 5.67. The minimum atomic E-state index is 0.269. The molecule has 0 amide bonds. The van der Waals surface area contributed by atoms with E-state index >= 15 is 0 Å². The third kappa shape index (κ3) is 5.08. The van der Waals surface area contributed by atoms with Crippen molar-refractivity contribution in [1.82, 2.24) is 5.32 Å². The van der Waals surface area contributed by atoms with Gasteiger partial charge in [-0.25, -0.2) is 0 Å². The smallest absolute Gasteiger partial charge is 0.119 e. The van der Waals surface area contributed by atoms with Crippen LogP contribution in [-0.2, 0) is 17.8 Å². The molecule has 1 aliphatic heterocycles. The van der Waals surface area contributed by atoms with E-state index in [-0.39, 0.29) is 6.10 Å². The quantitative estimate of drug-likeness (QED) is 0.842. The minimum absolute atomic E-state index is 0.269. The molecule has 1 saturated heterocycles. The first kappa shape index (κ1) is 16.0. The Morgan fingerprint density at radius 3 is 2.26 bits per heavy atom. The molecule has 23 heavy (non-hydrogen) atoms. The Morgan fingerprint density at radius 2 is 1.65 bits per heavy atom. The summed E-state index contributed by atoms with van der Waals surface area (Å²) >= 11 is 0. The fraction of sp³-hybridized carbons (Fsp3) is 0.400. The van der Waals surface area contributed by atoms with Gasteiger partial charge in [-0.3, -0.25) is 0 Å². The summed E-state index contributed by atoms with van der Waals surface area (Å²) in [6.45, 7) is 5.39. The molecule has 0 aliphatic carbocycles. The Bertz CT molecular complexity index is 586. The molecule has 3 nitrogen and oxygen atoms in total. The van der Waals surface area contributed by atoms with Crippen molar-refractivity contribution in [3.63, 3.8) is 0 Å². The second-order valence-corrected chi connectivity index (χ2v) is 6.18. The third-order valence-corrected chi connectivity index (χ3v) is 4.16. The second-order valence-electron chi connectivity index (χ2n) is 6.18. The van der Waals surface area contributed by atoms with E-state index in [9.17, 15) is 0 Å². The number of nitrogens with one attached hydrogen (secondary N) is 1. The molecule has 1 fully saturated rings. The topological polar surface area (TPSA) is 30.5 Å². The Labute approximate surface area is 138 Å². The van der Waals surface area contributed by atoms with Crippen molar-refractivity contribution in [3.8, 4) is 5.75 Å². The van der Waals surface area contributed by atoms with Crippen molar-refractivity contribution in [2.75, 3.05) is 13.2 Å². The summed E-state index contributed by atoms with van der Waals surface area (Å²) in [4.78, 5) is 0. The maximum Gasteiger partial charge on any atom is 0.119 e. The molecule has 1 atom stereocenters. The molecular formula is C20H25NO2. The number of rotatable bonds is 7. The molecule has 0 radical (unpaired) electrons. The zero-order valence-electron chi connectivity index (χ0n) is 13.8. The summed E-state index contributed by atoms with van der Waals surface area (Å²) in [5.74, 6) is 0.919. The molecule has 2 aromatic carbocycles. The van der Waals surface area contributed by atoms with Crippen LogP contribution in [0, 0.1) is 6.92 Å². The molecule has 1 unspecified atom stereocenters. The van der Waals surface area contributed by atoms with Crippen molar-refractivity contribution < 1.29 is 9.47 Å². The van der Waals surface area contributed by atoms with Crippen molar-refractivity contribution in [3.05, 3.63) is 65.2 Å². The molecule has 1 N–H and O–H groups in total. The van der Waals surface area contributed by atoms with Crippen LogP contribution in [0.5, 0.6) is 5.75 Å². The molecule has 2 aromatic rings. The molecule has 1 aliphatic rings. The lowest BCUT2D eigenvalue weighted by molar-refractivity contribution is 0.0679. The van der Waals surface area contributed by atoms with Gasteiger partial charge in [0.2, 0.25) is 0 Å². The van der Waals surface area contributed by atoms with E-state index in [2.05, 4.69) is 48.6 Å². The SMILES string of the molecule is Cc1ccc(CNCc2ccc(OCC3CCCO3)cc2)cc1. The van der Waals surface area contributed by atoms with Gasteiger partial charge in [0, 0.05) is 19.7 Å². The van der Waals surface area contributed by atoms with E-state index in [4.69, 9.17) is 9.47 Å². The van der Waals surface area contributed by atoms with Crippen molar-refractivity contribution in [1.29, 1.82) is 0 Å². The van der Waals surface area contributed by atoms with Gasteiger partial charge in [-0.15, -0.1) is 0 Å². The van der Waals surface area contributed by atoms with Crippen LogP contribution in [0.4, 0.5) is 0 Å². The fourth-order valence-corrected chi connectivity index (χ4v) is 2.73. The maximum absolute atomic E-state index is 5.78. The van der Waals surface area contributed by atoms with Crippen LogP contribution in [0.15, 0.2) is 48.5 Å². The Balaban J connectivity index is 1.41. The zero-order chi connectivity index (χ0) is 15.9. The van der Waals surface area contributed by atoms with Crippen molar-refractivity contribution in [2.45, 2.75) is 39.0 Å². The van der Waals surface area contributed by atoms with Crippen molar-refractivity contribution in [2.24, 2.45) is 0 Å². The standard InChI is InChI=1S/C20H25NO2/c1-16-4-6-17(7-5-16)13-21-14-18-8-10-19(11-9-18)23-15-20-3-2-12-22-20/h4-11,20-21H,2-3,12-15H2,1H3. The highest BCUT2D eigenvalue weighted by molar-refractivity contribution is 5.27. The van der Waals surface area contributed by atoms with Gasteiger partial charge >= 0.3 is 0 Å². The Morgan fingerprint density at radius 1 is 1.00 bits per heavy atom. The first-order chi connectivity index (χ1) is 11.3. The van der Waals surface area contributed by atoms with Crippen LogP contribution < -0.4 is 10.1 Å². The molecule has 1 heterocycles. The molecule has 0 bridgehead atoms. The Hall–Kier alpha value is -1.84. The summed E-state index contributed by atoms with van der Waals surface area (Å²) in [6.07, 6.45) is 2.53. The normalized spacial score (nSPS) is 17.3. The van der Waals surface area contributed by atoms with E-state index in [1.54, 1.807) is 0 Å². The van der Waals surface area contributed by atoms with E-state index in [1.165, 1.54) is 16.7 Å². The van der Waals surface area contributed by atoms with Crippen LogP contribution in [0.2, 0.25) is 0 Å². The fourth-order valence-electron chi connectivity index (χ4n) is 2.73. The maximum atomic E-state index is 5.78. The van der Waals surface area contributed by atoms with Crippen LogP contribution in [0.25, 0.3) is 0 Å². The van der Waals surface area contributed by atoms with Crippen LogP contribution >= 0.6 is 0 Å². The van der Waals surface area contributed by atoms with Gasteiger partial charge in [-0.1, -0.05) is 42.0 Å². The van der Waals surface area contributed by atoms with Gasteiger partial charge in [-0.05, 0) is 43.0 Å². The highest BCUT2D eigenvalue weighted by Gasteiger charge is 2.15. The lowest BCUT2D eigenvalue weighted by Gasteiger charge is -2.12. The van der Waals surface area contributed by atoms with E-state index in [0.717, 1.165) is 38.3 Å². The largest absolute Gasteiger partial charge is 0.491 e. The van der Waals surface area contributed by atoms with E-state index in [0.29, 0.717) is 6.61 Å². The molecule has 0 aromatic heterocycles. The first-order valence-corrected chi connectivity index (χ1v) is 8.39. The molecule has 3 heteroatoms. The number of benzene rings is 2. The highest BCUT2D eigenvalue weighted by atomic mass is 16.5. The summed E-state index contributed by atoms with van der Waals surface area (Å²) in [5, 5.41) is 3.47. The van der Waals surface area contributed by atoms with Gasteiger partial charge in [0.25, 0.3) is 0 Å². The molecular weight excluding hydrogens is 286 g/mol. The predicted molar refractivity (Wildman–Crippen MR) is 92.6 cm³/mol. The average Bonchev–Trinajstić information content (AvgIpc) is 3.09. The number of hydrogen-bond donors (Lipinski definition) is 1. The minimum Gasteiger partial charge on any atom is -0.491 e. The van der Waals surface area contributed by atoms with Gasteiger partial charge in [0.15, 0.2) is 0 Å². The zero-order valence-corrected chi connectivity index (χ0v) is 13.8. The average molecular weight is 311 g/mol. The second kappa shape index (κ2) is 8.14. The lowest BCUT2D eigenvalue weighted by Crippen LogP contribution is -2.16. The number of hydrogen-bond acceptors (Lipinski definition) is 3. The van der Waals surface area contributed by atoms with E-state index < -0.39 is 0 Å². The first-order valence-electron chi connectivity index (χ1n) is 8.39. The van der Waals surface area contributed by atoms with E-state index in [1.807, 2.05) is 12.1 Å². The highest BCUT2D eigenvalue weighted by Crippen LogP contribution is 2.16.